The summed E-state index contributed by atoms with van der Waals surface area (Å²) in [5.74, 6) is -1.07. The zero-order valence-corrected chi connectivity index (χ0v) is 15.5. The Morgan fingerprint density at radius 2 is 1.41 bits per heavy atom. The Hall–Kier alpha value is -1.71. The zero-order chi connectivity index (χ0) is 19.2. The van der Waals surface area contributed by atoms with Gasteiger partial charge in [0.05, 0.1) is 6.61 Å². The van der Waals surface area contributed by atoms with Gasteiger partial charge in [-0.15, -0.1) is 0 Å². The molecule has 27 heavy (non-hydrogen) atoms. The Balaban J connectivity index is 1.91. The molecule has 1 aromatic carbocycles. The standard InChI is InChI=1S/C19H28O8/c20-19(21)18-16-12-9-7-5-3-1-2-4-6-8-10-15-22-24-26-27-25-23-17(18)14-11-13-16/h11,13-14H,1-10,12,15H2,(H,20,21). The van der Waals surface area contributed by atoms with E-state index in [1.54, 1.807) is 12.1 Å². The van der Waals surface area contributed by atoms with Crippen LogP contribution in [0.1, 0.15) is 80.1 Å². The van der Waals surface area contributed by atoms with Crippen molar-refractivity contribution >= 4 is 5.97 Å². The molecule has 152 valence electrons. The Bertz CT molecular complexity index is 510. The number of hydrogen-bond acceptors (Lipinski definition) is 7. The summed E-state index contributed by atoms with van der Waals surface area (Å²) in [5.41, 5.74) is 0.735. The maximum absolute atomic E-state index is 11.6. The van der Waals surface area contributed by atoms with Crippen molar-refractivity contribution in [3.63, 3.8) is 0 Å². The average molecular weight is 384 g/mol. The van der Waals surface area contributed by atoms with Crippen molar-refractivity contribution in [1.82, 2.24) is 0 Å². The van der Waals surface area contributed by atoms with E-state index in [9.17, 15) is 9.90 Å². The average Bonchev–Trinajstić information content (AvgIpc) is 2.66. The Morgan fingerprint density at radius 1 is 0.778 bits per heavy atom. The van der Waals surface area contributed by atoms with Gasteiger partial charge in [0.2, 0.25) is 0 Å². The Kier molecular flexibility index (Phi) is 10.8. The van der Waals surface area contributed by atoms with Crippen LogP contribution in [0.2, 0.25) is 0 Å². The van der Waals surface area contributed by atoms with Crippen molar-refractivity contribution in [1.29, 1.82) is 0 Å². The third-order valence-corrected chi connectivity index (χ3v) is 4.51. The van der Waals surface area contributed by atoms with Crippen molar-refractivity contribution in [2.45, 2.75) is 70.6 Å². The molecule has 0 saturated heterocycles. The molecule has 1 heterocycles. The molecule has 0 saturated carbocycles. The van der Waals surface area contributed by atoms with E-state index >= 15 is 0 Å². The maximum Gasteiger partial charge on any atom is 0.339 e. The van der Waals surface area contributed by atoms with E-state index < -0.39 is 5.97 Å². The van der Waals surface area contributed by atoms with Crippen LogP contribution in [0.3, 0.4) is 0 Å². The molecule has 1 aromatic rings. The van der Waals surface area contributed by atoms with Gasteiger partial charge in [-0.25, -0.2) is 9.68 Å². The number of aromatic carboxylic acids is 1. The Labute approximate surface area is 158 Å². The van der Waals surface area contributed by atoms with Crippen molar-refractivity contribution in [3.05, 3.63) is 29.3 Å². The highest BCUT2D eigenvalue weighted by atomic mass is 17.8. The van der Waals surface area contributed by atoms with Gasteiger partial charge in [0, 0.05) is 10.1 Å². The highest BCUT2D eigenvalue weighted by molar-refractivity contribution is 5.92. The summed E-state index contributed by atoms with van der Waals surface area (Å²) in [6.07, 6.45) is 11.8. The molecule has 0 fully saturated rings. The van der Waals surface area contributed by atoms with Crippen LogP contribution in [-0.4, -0.2) is 17.7 Å². The first-order valence-corrected chi connectivity index (χ1v) is 9.60. The maximum atomic E-state index is 11.6. The summed E-state index contributed by atoms with van der Waals surface area (Å²) >= 11 is 0. The van der Waals surface area contributed by atoms with Crippen molar-refractivity contribution in [2.75, 3.05) is 6.61 Å². The van der Waals surface area contributed by atoms with Crippen LogP contribution < -0.4 is 4.89 Å². The largest absolute Gasteiger partial charge is 0.478 e. The Morgan fingerprint density at radius 3 is 2.11 bits per heavy atom. The minimum Gasteiger partial charge on any atom is -0.478 e. The molecule has 2 bridgehead atoms. The molecule has 0 spiro atoms. The van der Waals surface area contributed by atoms with Crippen LogP contribution in [0.15, 0.2) is 18.2 Å². The minimum absolute atomic E-state index is 0.0235. The van der Waals surface area contributed by atoms with Gasteiger partial charge < -0.3 is 9.99 Å². The first-order chi connectivity index (χ1) is 13.3. The van der Waals surface area contributed by atoms with Gasteiger partial charge in [0.25, 0.3) is 0 Å². The molecule has 0 aliphatic carbocycles. The lowest BCUT2D eigenvalue weighted by Gasteiger charge is -2.10. The van der Waals surface area contributed by atoms with E-state index in [4.69, 9.17) is 9.78 Å². The summed E-state index contributed by atoms with van der Waals surface area (Å²) < 4.78 is 0. The number of carboxylic acids is 1. The van der Waals surface area contributed by atoms with Crippen molar-refractivity contribution in [2.24, 2.45) is 0 Å². The lowest BCUT2D eigenvalue weighted by Crippen LogP contribution is -2.09. The molecular weight excluding hydrogens is 356 g/mol. The fraction of sp³-hybridized carbons (Fsp3) is 0.632. The van der Waals surface area contributed by atoms with Crippen molar-refractivity contribution in [3.8, 4) is 5.75 Å². The van der Waals surface area contributed by atoms with E-state index in [0.717, 1.165) is 32.1 Å². The lowest BCUT2D eigenvalue weighted by atomic mass is 9.99. The second kappa shape index (κ2) is 13.5. The number of rotatable bonds is 1. The van der Waals surface area contributed by atoms with Gasteiger partial charge in [-0.1, -0.05) is 63.5 Å². The quantitative estimate of drug-likeness (QED) is 0.685. The van der Waals surface area contributed by atoms with Crippen LogP contribution in [0, 0.1) is 0 Å². The van der Waals surface area contributed by atoms with Gasteiger partial charge >= 0.3 is 5.97 Å². The fourth-order valence-corrected chi connectivity index (χ4v) is 3.11. The van der Waals surface area contributed by atoms with E-state index in [1.807, 2.05) is 0 Å². The molecule has 1 N–H and O–H groups in total. The van der Waals surface area contributed by atoms with Gasteiger partial charge in [-0.3, -0.25) is 0 Å². The topological polar surface area (TPSA) is 92.7 Å². The van der Waals surface area contributed by atoms with Gasteiger partial charge in [-0.05, 0) is 41.0 Å². The van der Waals surface area contributed by atoms with E-state index in [0.29, 0.717) is 18.6 Å². The number of carboxylic acid groups (broad SMARTS) is 1. The van der Waals surface area contributed by atoms with Gasteiger partial charge in [0.15, 0.2) is 5.75 Å². The van der Waals surface area contributed by atoms with Crippen LogP contribution in [-0.2, 0) is 31.5 Å². The molecule has 0 amide bonds. The molecule has 0 radical (unpaired) electrons. The minimum atomic E-state index is -1.09. The van der Waals surface area contributed by atoms with E-state index in [-0.39, 0.29) is 11.3 Å². The third kappa shape index (κ3) is 8.68. The highest BCUT2D eigenvalue weighted by Gasteiger charge is 2.18. The molecular formula is C19H28O8. The second-order valence-electron chi connectivity index (χ2n) is 6.56. The second-order valence-corrected chi connectivity index (χ2v) is 6.56. The summed E-state index contributed by atoms with van der Waals surface area (Å²) in [5, 5.41) is 26.6. The highest BCUT2D eigenvalue weighted by Crippen LogP contribution is 2.25. The smallest absolute Gasteiger partial charge is 0.339 e. The van der Waals surface area contributed by atoms with E-state index in [2.05, 4.69) is 20.2 Å². The summed E-state index contributed by atoms with van der Waals surface area (Å²) in [6, 6.07) is 4.96. The van der Waals surface area contributed by atoms with Crippen molar-refractivity contribution < 1.29 is 39.8 Å². The zero-order valence-electron chi connectivity index (χ0n) is 15.5. The number of fused-ring (bicyclic) bond motifs is 2. The first kappa shape index (κ1) is 21.6. The first-order valence-electron chi connectivity index (χ1n) is 9.60. The summed E-state index contributed by atoms with van der Waals surface area (Å²) in [7, 11) is 0. The predicted molar refractivity (Wildman–Crippen MR) is 94.2 cm³/mol. The molecule has 2 rings (SSSR count). The molecule has 8 heteroatoms. The number of hydrogen-bond donors (Lipinski definition) is 1. The van der Waals surface area contributed by atoms with Gasteiger partial charge in [0.1, 0.15) is 5.56 Å². The molecule has 1 aliphatic heterocycles. The monoisotopic (exact) mass is 384 g/mol. The molecule has 0 atom stereocenters. The predicted octanol–water partition coefficient (Wildman–Crippen LogP) is 4.88. The summed E-state index contributed by atoms with van der Waals surface area (Å²) in [6.45, 7) is 0.370. The summed E-state index contributed by atoms with van der Waals surface area (Å²) in [4.78, 5) is 21.2. The SMILES string of the molecule is O=C(O)c1c2cccc1OOOOOOCCCCCCCCCCCC2. The number of carbonyl (C=O) groups is 1. The number of aryl methyl sites for hydroxylation is 1. The van der Waals surface area contributed by atoms with Crippen LogP contribution in [0.4, 0.5) is 0 Å². The molecule has 8 nitrogen and oxygen atoms in total. The van der Waals surface area contributed by atoms with Crippen LogP contribution in [0.5, 0.6) is 5.75 Å². The molecule has 0 aromatic heterocycles. The van der Waals surface area contributed by atoms with Crippen LogP contribution >= 0.6 is 0 Å². The van der Waals surface area contributed by atoms with Crippen LogP contribution in [0.25, 0.3) is 0 Å². The number of benzene rings is 1. The van der Waals surface area contributed by atoms with Gasteiger partial charge in [-0.2, -0.15) is 0 Å². The molecule has 0 unspecified atom stereocenters. The third-order valence-electron chi connectivity index (χ3n) is 4.51. The lowest BCUT2D eigenvalue weighted by molar-refractivity contribution is -0.745. The fourth-order valence-electron chi connectivity index (χ4n) is 3.11. The van der Waals surface area contributed by atoms with E-state index in [1.165, 1.54) is 38.2 Å². The normalized spacial score (nSPS) is 19.4. The molecule has 1 aliphatic rings.